The molecular formula is C12H23N5OS. The van der Waals surface area contributed by atoms with Gasteiger partial charge in [0, 0.05) is 6.04 Å². The van der Waals surface area contributed by atoms with E-state index in [1.807, 2.05) is 25.6 Å². The van der Waals surface area contributed by atoms with E-state index in [2.05, 4.69) is 34.1 Å². The van der Waals surface area contributed by atoms with Crippen molar-refractivity contribution in [2.75, 3.05) is 22.6 Å². The minimum atomic E-state index is 0.00743. The second kappa shape index (κ2) is 8.04. The van der Waals surface area contributed by atoms with Crippen molar-refractivity contribution >= 4 is 23.7 Å². The Balaban J connectivity index is 2.59. The molecule has 0 aliphatic heterocycles. The molecule has 0 fully saturated rings. The average Bonchev–Trinajstić information content (AvgIpc) is 2.27. The standard InChI is InChI=1S/C12H23N5OS/c1-5-19-7-6-9(4)14-11-15-10(13)16-12(17-11)18-8(2)3/h8-9H,5-7H2,1-4H3,(H3,13,14,15,16,17). The molecular weight excluding hydrogens is 262 g/mol. The SMILES string of the molecule is CCSCCC(C)Nc1nc(N)nc(OC(C)C)n1. The number of nitrogens with two attached hydrogens (primary N) is 1. The Morgan fingerprint density at radius 1 is 1.26 bits per heavy atom. The number of nitrogen functional groups attached to an aromatic ring is 1. The van der Waals surface area contributed by atoms with E-state index < -0.39 is 0 Å². The summed E-state index contributed by atoms with van der Waals surface area (Å²) in [5.41, 5.74) is 5.65. The summed E-state index contributed by atoms with van der Waals surface area (Å²) in [6, 6.07) is 0.549. The molecule has 1 rings (SSSR count). The quantitative estimate of drug-likeness (QED) is 0.708. The molecule has 1 atom stereocenters. The summed E-state index contributed by atoms with van der Waals surface area (Å²) in [7, 11) is 0. The van der Waals surface area contributed by atoms with Gasteiger partial charge >= 0.3 is 6.01 Å². The van der Waals surface area contributed by atoms with Crippen molar-refractivity contribution < 1.29 is 4.74 Å². The molecule has 1 aromatic heterocycles. The first kappa shape index (κ1) is 15.8. The minimum Gasteiger partial charge on any atom is -0.461 e. The van der Waals surface area contributed by atoms with Crippen LogP contribution in [0.3, 0.4) is 0 Å². The molecule has 1 unspecified atom stereocenters. The number of anilines is 2. The molecule has 1 heterocycles. The van der Waals surface area contributed by atoms with Gasteiger partial charge in [-0.25, -0.2) is 0 Å². The highest BCUT2D eigenvalue weighted by molar-refractivity contribution is 7.99. The van der Waals surface area contributed by atoms with Gasteiger partial charge in [-0.15, -0.1) is 0 Å². The molecule has 0 radical (unpaired) electrons. The second-order valence-corrected chi connectivity index (χ2v) is 5.89. The van der Waals surface area contributed by atoms with Crippen LogP contribution in [-0.4, -0.2) is 38.6 Å². The summed E-state index contributed by atoms with van der Waals surface area (Å²) >= 11 is 1.92. The highest BCUT2D eigenvalue weighted by atomic mass is 32.2. The number of hydrogen-bond donors (Lipinski definition) is 2. The first-order valence-electron chi connectivity index (χ1n) is 6.53. The van der Waals surface area contributed by atoms with Crippen molar-refractivity contribution in [2.45, 2.75) is 46.3 Å². The van der Waals surface area contributed by atoms with Gasteiger partial charge in [-0.3, -0.25) is 0 Å². The Hall–Kier alpha value is -1.24. The summed E-state index contributed by atoms with van der Waals surface area (Å²) in [6.45, 7) is 8.08. The second-order valence-electron chi connectivity index (χ2n) is 4.50. The van der Waals surface area contributed by atoms with Gasteiger partial charge in [0.1, 0.15) is 0 Å². The molecule has 108 valence electrons. The number of aromatic nitrogens is 3. The zero-order chi connectivity index (χ0) is 14.3. The fourth-order valence-corrected chi connectivity index (χ4v) is 2.21. The third-order valence-electron chi connectivity index (χ3n) is 2.25. The molecule has 0 aromatic carbocycles. The van der Waals surface area contributed by atoms with Crippen LogP contribution in [0.15, 0.2) is 0 Å². The monoisotopic (exact) mass is 285 g/mol. The van der Waals surface area contributed by atoms with Gasteiger partial charge in [-0.05, 0) is 38.7 Å². The van der Waals surface area contributed by atoms with Gasteiger partial charge in [-0.1, -0.05) is 6.92 Å². The summed E-state index contributed by atoms with van der Waals surface area (Å²) < 4.78 is 5.43. The zero-order valence-electron chi connectivity index (χ0n) is 12.0. The number of rotatable bonds is 8. The lowest BCUT2D eigenvalue weighted by molar-refractivity contribution is 0.222. The molecule has 0 saturated carbocycles. The summed E-state index contributed by atoms with van der Waals surface area (Å²) in [6.07, 6.45) is 1.05. The van der Waals surface area contributed by atoms with Crippen molar-refractivity contribution in [3.63, 3.8) is 0 Å². The van der Waals surface area contributed by atoms with E-state index in [0.29, 0.717) is 5.95 Å². The molecule has 1 aromatic rings. The van der Waals surface area contributed by atoms with Crippen LogP contribution in [-0.2, 0) is 0 Å². The lowest BCUT2D eigenvalue weighted by atomic mass is 10.3. The van der Waals surface area contributed by atoms with Crippen molar-refractivity contribution in [1.29, 1.82) is 0 Å². The Morgan fingerprint density at radius 2 is 2.00 bits per heavy atom. The van der Waals surface area contributed by atoms with E-state index >= 15 is 0 Å². The van der Waals surface area contributed by atoms with Gasteiger partial charge in [-0.2, -0.15) is 26.7 Å². The third-order valence-corrected chi connectivity index (χ3v) is 3.18. The van der Waals surface area contributed by atoms with Gasteiger partial charge in [0.05, 0.1) is 6.10 Å². The first-order valence-corrected chi connectivity index (χ1v) is 7.69. The average molecular weight is 285 g/mol. The van der Waals surface area contributed by atoms with Crippen LogP contribution in [0.25, 0.3) is 0 Å². The molecule has 3 N–H and O–H groups in total. The van der Waals surface area contributed by atoms with E-state index in [9.17, 15) is 0 Å². The number of nitrogens with one attached hydrogen (secondary N) is 1. The van der Waals surface area contributed by atoms with E-state index in [-0.39, 0.29) is 24.1 Å². The fourth-order valence-electron chi connectivity index (χ4n) is 1.40. The van der Waals surface area contributed by atoms with Crippen LogP contribution >= 0.6 is 11.8 Å². The minimum absolute atomic E-state index is 0.00743. The fraction of sp³-hybridized carbons (Fsp3) is 0.750. The molecule has 6 nitrogen and oxygen atoms in total. The molecule has 0 saturated heterocycles. The summed E-state index contributed by atoms with van der Waals surface area (Å²) in [5.74, 6) is 2.89. The van der Waals surface area contributed by atoms with Crippen LogP contribution in [0.2, 0.25) is 0 Å². The maximum atomic E-state index is 5.65. The van der Waals surface area contributed by atoms with E-state index in [4.69, 9.17) is 10.5 Å². The van der Waals surface area contributed by atoms with E-state index in [1.54, 1.807) is 0 Å². The summed E-state index contributed by atoms with van der Waals surface area (Å²) in [4.78, 5) is 12.2. The molecule has 0 spiro atoms. The largest absolute Gasteiger partial charge is 0.461 e. The van der Waals surface area contributed by atoms with Crippen molar-refractivity contribution in [3.8, 4) is 6.01 Å². The van der Waals surface area contributed by atoms with Gasteiger partial charge in [0.15, 0.2) is 0 Å². The van der Waals surface area contributed by atoms with Crippen LogP contribution in [0.5, 0.6) is 6.01 Å². The smallest absolute Gasteiger partial charge is 0.323 e. The lowest BCUT2D eigenvalue weighted by Crippen LogP contribution is -2.19. The van der Waals surface area contributed by atoms with Crippen LogP contribution in [0.4, 0.5) is 11.9 Å². The highest BCUT2D eigenvalue weighted by Crippen LogP contribution is 2.13. The Morgan fingerprint density at radius 3 is 2.63 bits per heavy atom. The van der Waals surface area contributed by atoms with Gasteiger partial charge in [0.2, 0.25) is 11.9 Å². The maximum absolute atomic E-state index is 5.65. The number of ether oxygens (including phenoxy) is 1. The Kier molecular flexibility index (Phi) is 6.69. The van der Waals surface area contributed by atoms with Gasteiger partial charge < -0.3 is 15.8 Å². The summed E-state index contributed by atoms with van der Waals surface area (Å²) in [5, 5.41) is 3.22. The number of nitrogens with zero attached hydrogens (tertiary/aromatic N) is 3. The molecule has 0 amide bonds. The van der Waals surface area contributed by atoms with Gasteiger partial charge in [0.25, 0.3) is 0 Å². The highest BCUT2D eigenvalue weighted by Gasteiger charge is 2.09. The van der Waals surface area contributed by atoms with E-state index in [0.717, 1.165) is 17.9 Å². The van der Waals surface area contributed by atoms with Crippen molar-refractivity contribution in [2.24, 2.45) is 0 Å². The number of hydrogen-bond acceptors (Lipinski definition) is 7. The van der Waals surface area contributed by atoms with Crippen LogP contribution < -0.4 is 15.8 Å². The molecule has 7 heteroatoms. The molecule has 19 heavy (non-hydrogen) atoms. The molecule has 0 bridgehead atoms. The number of thioether (sulfide) groups is 1. The third kappa shape index (κ3) is 6.47. The zero-order valence-corrected chi connectivity index (χ0v) is 12.8. The Labute approximate surface area is 119 Å². The van der Waals surface area contributed by atoms with E-state index in [1.165, 1.54) is 0 Å². The maximum Gasteiger partial charge on any atom is 0.323 e. The lowest BCUT2D eigenvalue weighted by Gasteiger charge is -2.14. The van der Waals surface area contributed by atoms with Crippen molar-refractivity contribution in [3.05, 3.63) is 0 Å². The normalized spacial score (nSPS) is 12.5. The Bertz CT molecular complexity index is 388. The molecule has 0 aliphatic rings. The van der Waals surface area contributed by atoms with Crippen LogP contribution in [0, 0.1) is 0 Å². The predicted octanol–water partition coefficient (Wildman–Crippen LogP) is 2.18. The van der Waals surface area contributed by atoms with Crippen LogP contribution in [0.1, 0.15) is 34.1 Å². The predicted molar refractivity (Wildman–Crippen MR) is 80.7 cm³/mol. The first-order chi connectivity index (χ1) is 9.01. The molecule has 0 aliphatic carbocycles. The topological polar surface area (TPSA) is 86.0 Å². The van der Waals surface area contributed by atoms with Crippen molar-refractivity contribution in [1.82, 2.24) is 15.0 Å².